The Morgan fingerprint density at radius 1 is 1.03 bits per heavy atom. The molecule has 1 aromatic heterocycles. The van der Waals surface area contributed by atoms with Gasteiger partial charge in [-0.1, -0.05) is 54.1 Å². The monoisotopic (exact) mass is 432 g/mol. The standard InChI is InChI=1S/C24H17ClN2O4/c25-18-8-6-16(7-9-18)14-26-27-23(28)15-30-19-10-11-20-21(17-4-2-1-3-5-17)13-24(29)31-22(20)12-19/h1-14H,15H2,(H,27,28)/b26-14+. The molecule has 0 fully saturated rings. The predicted octanol–water partition coefficient (Wildman–Crippen LogP) is 4.64. The number of rotatable bonds is 6. The van der Waals surface area contributed by atoms with E-state index in [1.165, 1.54) is 12.3 Å². The van der Waals surface area contributed by atoms with Gasteiger partial charge in [0, 0.05) is 22.5 Å². The topological polar surface area (TPSA) is 80.9 Å². The zero-order chi connectivity index (χ0) is 21.6. The molecule has 4 aromatic rings. The number of benzene rings is 3. The first-order valence-corrected chi connectivity index (χ1v) is 9.80. The Labute approximate surface area is 182 Å². The zero-order valence-electron chi connectivity index (χ0n) is 16.2. The minimum Gasteiger partial charge on any atom is -0.484 e. The molecule has 0 aliphatic carbocycles. The highest BCUT2D eigenvalue weighted by Gasteiger charge is 2.10. The summed E-state index contributed by atoms with van der Waals surface area (Å²) >= 11 is 5.83. The van der Waals surface area contributed by atoms with Gasteiger partial charge in [0.1, 0.15) is 11.3 Å². The Hall–Kier alpha value is -3.90. The van der Waals surface area contributed by atoms with E-state index in [9.17, 15) is 9.59 Å². The Bertz CT molecular complexity index is 1300. The first-order chi connectivity index (χ1) is 15.1. The highest BCUT2D eigenvalue weighted by atomic mass is 35.5. The Morgan fingerprint density at radius 2 is 1.81 bits per heavy atom. The number of nitrogens with zero attached hydrogens (tertiary/aromatic N) is 1. The van der Waals surface area contributed by atoms with Crippen molar-refractivity contribution in [2.24, 2.45) is 5.10 Å². The Balaban J connectivity index is 1.44. The fourth-order valence-corrected chi connectivity index (χ4v) is 3.12. The van der Waals surface area contributed by atoms with E-state index in [-0.39, 0.29) is 6.61 Å². The number of fused-ring (bicyclic) bond motifs is 1. The van der Waals surface area contributed by atoms with Crippen LogP contribution in [0.1, 0.15) is 5.56 Å². The molecule has 0 aliphatic heterocycles. The van der Waals surface area contributed by atoms with Crippen molar-refractivity contribution in [2.45, 2.75) is 0 Å². The summed E-state index contributed by atoms with van der Waals surface area (Å²) in [5.74, 6) is -0.0255. The minimum atomic E-state index is -0.460. The van der Waals surface area contributed by atoms with E-state index in [2.05, 4.69) is 10.5 Å². The molecule has 0 radical (unpaired) electrons. The van der Waals surface area contributed by atoms with E-state index in [1.807, 2.05) is 30.3 Å². The Kier molecular flexibility index (Phi) is 6.10. The Morgan fingerprint density at radius 3 is 2.58 bits per heavy atom. The van der Waals surface area contributed by atoms with Gasteiger partial charge in [-0.2, -0.15) is 5.10 Å². The minimum absolute atomic E-state index is 0.244. The van der Waals surface area contributed by atoms with E-state index < -0.39 is 11.5 Å². The van der Waals surface area contributed by atoms with Gasteiger partial charge in [-0.25, -0.2) is 10.2 Å². The van der Waals surface area contributed by atoms with Gasteiger partial charge < -0.3 is 9.15 Å². The summed E-state index contributed by atoms with van der Waals surface area (Å²) in [6.45, 7) is -0.244. The second kappa shape index (κ2) is 9.28. The number of carbonyl (C=O) groups excluding carboxylic acids is 1. The van der Waals surface area contributed by atoms with E-state index in [1.54, 1.807) is 42.5 Å². The lowest BCUT2D eigenvalue weighted by molar-refractivity contribution is -0.123. The molecular weight excluding hydrogens is 416 g/mol. The summed E-state index contributed by atoms with van der Waals surface area (Å²) in [4.78, 5) is 24.0. The average molecular weight is 433 g/mol. The average Bonchev–Trinajstić information content (AvgIpc) is 2.79. The van der Waals surface area contributed by atoms with Crippen LogP contribution in [0.5, 0.6) is 5.75 Å². The number of halogens is 1. The molecule has 4 rings (SSSR count). The van der Waals surface area contributed by atoms with Crippen LogP contribution in [0.4, 0.5) is 0 Å². The maximum absolute atomic E-state index is 12.0. The quantitative estimate of drug-likeness (QED) is 0.273. The van der Waals surface area contributed by atoms with Crippen molar-refractivity contribution in [1.29, 1.82) is 0 Å². The van der Waals surface area contributed by atoms with Crippen LogP contribution in [0.3, 0.4) is 0 Å². The van der Waals surface area contributed by atoms with Crippen molar-refractivity contribution < 1.29 is 13.9 Å². The van der Waals surface area contributed by atoms with E-state index >= 15 is 0 Å². The summed E-state index contributed by atoms with van der Waals surface area (Å²) < 4.78 is 10.8. The molecule has 0 unspecified atom stereocenters. The molecule has 0 aliphatic rings. The smallest absolute Gasteiger partial charge is 0.336 e. The molecule has 1 amide bonds. The fourth-order valence-electron chi connectivity index (χ4n) is 3.00. The van der Waals surface area contributed by atoms with Crippen LogP contribution in [0.25, 0.3) is 22.1 Å². The first kappa shape index (κ1) is 20.4. The summed E-state index contributed by atoms with van der Waals surface area (Å²) in [6.07, 6.45) is 1.50. The molecule has 1 heterocycles. The van der Waals surface area contributed by atoms with Crippen molar-refractivity contribution in [3.63, 3.8) is 0 Å². The van der Waals surface area contributed by atoms with Gasteiger partial charge in [0.15, 0.2) is 6.61 Å². The number of carbonyl (C=O) groups is 1. The van der Waals surface area contributed by atoms with Gasteiger partial charge in [-0.05, 0) is 41.0 Å². The third kappa shape index (κ3) is 5.18. The molecule has 0 saturated carbocycles. The highest BCUT2D eigenvalue weighted by Crippen LogP contribution is 2.29. The van der Waals surface area contributed by atoms with Crippen LogP contribution < -0.4 is 15.8 Å². The van der Waals surface area contributed by atoms with Crippen molar-refractivity contribution in [3.05, 3.63) is 99.9 Å². The summed E-state index contributed by atoms with van der Waals surface area (Å²) in [5, 5.41) is 5.28. The van der Waals surface area contributed by atoms with Gasteiger partial charge in [0.25, 0.3) is 5.91 Å². The molecule has 6 nitrogen and oxygen atoms in total. The summed E-state index contributed by atoms with van der Waals surface area (Å²) in [7, 11) is 0. The third-order valence-electron chi connectivity index (χ3n) is 4.44. The second-order valence-electron chi connectivity index (χ2n) is 6.64. The number of nitrogens with one attached hydrogen (secondary N) is 1. The lowest BCUT2D eigenvalue weighted by Gasteiger charge is -2.08. The molecule has 0 bridgehead atoms. The first-order valence-electron chi connectivity index (χ1n) is 9.42. The second-order valence-corrected chi connectivity index (χ2v) is 7.07. The third-order valence-corrected chi connectivity index (χ3v) is 4.70. The van der Waals surface area contributed by atoms with Gasteiger partial charge >= 0.3 is 5.63 Å². The van der Waals surface area contributed by atoms with Gasteiger partial charge in [-0.3, -0.25) is 4.79 Å². The van der Waals surface area contributed by atoms with Crippen LogP contribution >= 0.6 is 11.6 Å². The number of hydrogen-bond acceptors (Lipinski definition) is 5. The van der Waals surface area contributed by atoms with Gasteiger partial charge in [0.05, 0.1) is 6.21 Å². The maximum Gasteiger partial charge on any atom is 0.336 e. The molecular formula is C24H17ClN2O4. The molecule has 7 heteroatoms. The van der Waals surface area contributed by atoms with Crippen molar-refractivity contribution in [1.82, 2.24) is 5.43 Å². The van der Waals surface area contributed by atoms with E-state index in [4.69, 9.17) is 20.8 Å². The van der Waals surface area contributed by atoms with Crippen LogP contribution in [0.15, 0.2) is 93.2 Å². The van der Waals surface area contributed by atoms with Crippen molar-refractivity contribution in [2.75, 3.05) is 6.61 Å². The molecule has 0 saturated heterocycles. The normalized spacial score (nSPS) is 11.0. The van der Waals surface area contributed by atoms with Crippen LogP contribution in [-0.2, 0) is 4.79 Å². The summed E-state index contributed by atoms with van der Waals surface area (Å²) in [6, 6.07) is 23.2. The molecule has 3 aromatic carbocycles. The maximum atomic E-state index is 12.0. The van der Waals surface area contributed by atoms with Gasteiger partial charge in [0.2, 0.25) is 0 Å². The zero-order valence-corrected chi connectivity index (χ0v) is 17.0. The largest absolute Gasteiger partial charge is 0.484 e. The number of hydrogen-bond donors (Lipinski definition) is 1. The lowest BCUT2D eigenvalue weighted by atomic mass is 10.0. The molecule has 154 valence electrons. The molecule has 31 heavy (non-hydrogen) atoms. The van der Waals surface area contributed by atoms with Crippen molar-refractivity contribution >= 4 is 34.7 Å². The predicted molar refractivity (Wildman–Crippen MR) is 121 cm³/mol. The molecule has 0 spiro atoms. The molecule has 1 N–H and O–H groups in total. The highest BCUT2D eigenvalue weighted by molar-refractivity contribution is 6.30. The van der Waals surface area contributed by atoms with Crippen LogP contribution in [0, 0.1) is 0 Å². The number of ether oxygens (including phenoxy) is 1. The number of amides is 1. The van der Waals surface area contributed by atoms with E-state index in [0.29, 0.717) is 16.4 Å². The van der Waals surface area contributed by atoms with Crippen molar-refractivity contribution in [3.8, 4) is 16.9 Å². The lowest BCUT2D eigenvalue weighted by Crippen LogP contribution is -2.24. The summed E-state index contributed by atoms with van der Waals surface area (Å²) in [5.41, 5.74) is 4.79. The van der Waals surface area contributed by atoms with Gasteiger partial charge in [-0.15, -0.1) is 0 Å². The molecule has 0 atom stereocenters. The van der Waals surface area contributed by atoms with E-state index in [0.717, 1.165) is 22.1 Å². The fraction of sp³-hybridized carbons (Fsp3) is 0.0417. The van der Waals surface area contributed by atoms with Crippen LogP contribution in [-0.4, -0.2) is 18.7 Å². The number of hydrazone groups is 1. The SMILES string of the molecule is O=C(COc1ccc2c(-c3ccccc3)cc(=O)oc2c1)N/N=C/c1ccc(Cl)cc1. The van der Waals surface area contributed by atoms with Crippen LogP contribution in [0.2, 0.25) is 5.02 Å².